The molecule has 11 heteroatoms. The second kappa shape index (κ2) is 7.57. The monoisotopic (exact) mass is 453 g/mol. The van der Waals surface area contributed by atoms with Gasteiger partial charge in [-0.1, -0.05) is 40.8 Å². The third-order valence-corrected chi connectivity index (χ3v) is 7.00. The van der Waals surface area contributed by atoms with Crippen molar-refractivity contribution in [2.75, 3.05) is 11.1 Å². The number of aryl methyl sites for hydroxylation is 3. The molecule has 1 N–H and O–H groups in total. The number of thioether (sulfide) groups is 1. The van der Waals surface area contributed by atoms with Gasteiger partial charge in [-0.25, -0.2) is 9.67 Å². The lowest BCUT2D eigenvalue weighted by molar-refractivity contribution is -0.116. The van der Waals surface area contributed by atoms with Gasteiger partial charge in [0.25, 0.3) is 5.56 Å². The molecule has 1 atom stereocenters. The summed E-state index contributed by atoms with van der Waals surface area (Å²) in [5.74, 6) is 0.404. The predicted octanol–water partition coefficient (Wildman–Crippen LogP) is 3.03. The minimum absolute atomic E-state index is 0.164. The molecule has 1 aliphatic heterocycles. The number of hydrogen-bond donors (Lipinski definition) is 1. The lowest BCUT2D eigenvalue weighted by atomic mass is 10.1. The van der Waals surface area contributed by atoms with Crippen LogP contribution in [-0.4, -0.2) is 41.2 Å². The number of anilines is 1. The van der Waals surface area contributed by atoms with Crippen LogP contribution in [-0.2, 0) is 4.79 Å². The zero-order valence-corrected chi connectivity index (χ0v) is 18.8. The van der Waals surface area contributed by atoms with Gasteiger partial charge < -0.3 is 5.32 Å². The molecule has 4 aromatic rings. The fourth-order valence-corrected chi connectivity index (χ4v) is 5.47. The molecule has 5 rings (SSSR count). The van der Waals surface area contributed by atoms with Crippen LogP contribution in [0.15, 0.2) is 34.3 Å². The lowest BCUT2D eigenvalue weighted by Gasteiger charge is -2.13. The first-order valence-corrected chi connectivity index (χ1v) is 11.5. The topological polar surface area (TPSA) is 108 Å². The van der Waals surface area contributed by atoms with Crippen LogP contribution in [0.5, 0.6) is 0 Å². The van der Waals surface area contributed by atoms with Crippen LogP contribution in [0.25, 0.3) is 16.7 Å². The number of amides is 1. The van der Waals surface area contributed by atoms with Gasteiger partial charge >= 0.3 is 0 Å². The van der Waals surface area contributed by atoms with E-state index < -0.39 is 0 Å². The van der Waals surface area contributed by atoms with Gasteiger partial charge in [0.15, 0.2) is 10.8 Å². The summed E-state index contributed by atoms with van der Waals surface area (Å²) in [7, 11) is 0. The molecule has 1 aliphatic rings. The first-order valence-electron chi connectivity index (χ1n) is 9.71. The first kappa shape index (κ1) is 19.9. The Kier molecular flexibility index (Phi) is 4.86. The number of rotatable bonds is 4. The number of nitrogens with one attached hydrogen (secondary N) is 1. The van der Waals surface area contributed by atoms with Crippen molar-refractivity contribution in [1.82, 2.24) is 29.5 Å². The standard InChI is InChI=1S/C20H19N7O2S2/c1-10-4-5-15(11(2)6-10)27-17-14(8-21-27)18(29)26-13(9-30-20(26)23-17)7-16(28)22-19-25-24-12(3)31-19/h4-6,8,13H,7,9H2,1-3H3,(H,22,25,28). The van der Waals surface area contributed by atoms with Gasteiger partial charge in [-0.15, -0.1) is 10.2 Å². The summed E-state index contributed by atoms with van der Waals surface area (Å²) in [6.07, 6.45) is 1.72. The van der Waals surface area contributed by atoms with Gasteiger partial charge in [-0.2, -0.15) is 5.10 Å². The van der Waals surface area contributed by atoms with E-state index >= 15 is 0 Å². The maximum Gasteiger partial charge on any atom is 0.265 e. The summed E-state index contributed by atoms with van der Waals surface area (Å²) < 4.78 is 3.33. The van der Waals surface area contributed by atoms with Crippen LogP contribution in [0.2, 0.25) is 0 Å². The average Bonchev–Trinajstić information content (AvgIpc) is 3.42. The minimum Gasteiger partial charge on any atom is -0.300 e. The molecule has 3 aromatic heterocycles. The normalized spacial score (nSPS) is 15.4. The fourth-order valence-electron chi connectivity index (χ4n) is 3.73. The highest BCUT2D eigenvalue weighted by Gasteiger charge is 2.30. The van der Waals surface area contributed by atoms with E-state index in [4.69, 9.17) is 4.98 Å². The number of benzene rings is 1. The summed E-state index contributed by atoms with van der Waals surface area (Å²) in [5.41, 5.74) is 3.47. The van der Waals surface area contributed by atoms with E-state index in [-0.39, 0.29) is 23.9 Å². The van der Waals surface area contributed by atoms with Crippen molar-refractivity contribution in [2.45, 2.75) is 38.4 Å². The average molecular weight is 454 g/mol. The van der Waals surface area contributed by atoms with Crippen molar-refractivity contribution >= 4 is 45.2 Å². The maximum absolute atomic E-state index is 13.3. The molecular weight excluding hydrogens is 434 g/mol. The van der Waals surface area contributed by atoms with E-state index in [1.807, 2.05) is 32.9 Å². The Labute approximate surface area is 185 Å². The van der Waals surface area contributed by atoms with Gasteiger partial charge in [-0.3, -0.25) is 14.2 Å². The third-order valence-electron chi connectivity index (χ3n) is 5.14. The van der Waals surface area contributed by atoms with E-state index in [2.05, 4.69) is 26.7 Å². The Bertz CT molecular complexity index is 1390. The van der Waals surface area contributed by atoms with Crippen molar-refractivity contribution < 1.29 is 4.79 Å². The molecule has 0 aliphatic carbocycles. The van der Waals surface area contributed by atoms with Gasteiger partial charge in [0.05, 0.1) is 17.9 Å². The lowest BCUT2D eigenvalue weighted by Crippen LogP contribution is -2.27. The number of carbonyl (C=O) groups excluding carboxylic acids is 1. The summed E-state index contributed by atoms with van der Waals surface area (Å²) in [6.45, 7) is 5.87. The van der Waals surface area contributed by atoms with E-state index in [0.29, 0.717) is 27.1 Å². The van der Waals surface area contributed by atoms with Crippen molar-refractivity contribution in [1.29, 1.82) is 0 Å². The van der Waals surface area contributed by atoms with Crippen molar-refractivity contribution in [2.24, 2.45) is 0 Å². The van der Waals surface area contributed by atoms with Crippen LogP contribution in [0.1, 0.15) is 28.6 Å². The molecule has 0 saturated carbocycles. The summed E-state index contributed by atoms with van der Waals surface area (Å²) in [4.78, 5) is 30.5. The molecule has 9 nitrogen and oxygen atoms in total. The second-order valence-electron chi connectivity index (χ2n) is 7.50. The summed E-state index contributed by atoms with van der Waals surface area (Å²) >= 11 is 2.79. The van der Waals surface area contributed by atoms with Gasteiger partial charge in [0.1, 0.15) is 10.4 Å². The van der Waals surface area contributed by atoms with E-state index in [1.54, 1.807) is 15.4 Å². The number of carbonyl (C=O) groups is 1. The molecule has 4 heterocycles. The Balaban J connectivity index is 1.48. The Morgan fingerprint density at radius 1 is 1.26 bits per heavy atom. The van der Waals surface area contributed by atoms with Crippen LogP contribution >= 0.6 is 23.1 Å². The quantitative estimate of drug-likeness (QED) is 0.473. The van der Waals surface area contributed by atoms with Crippen molar-refractivity contribution in [3.63, 3.8) is 0 Å². The highest BCUT2D eigenvalue weighted by molar-refractivity contribution is 7.99. The van der Waals surface area contributed by atoms with Crippen LogP contribution in [0, 0.1) is 20.8 Å². The maximum atomic E-state index is 13.3. The van der Waals surface area contributed by atoms with Gasteiger partial charge in [-0.05, 0) is 32.4 Å². The van der Waals surface area contributed by atoms with Crippen LogP contribution in [0.3, 0.4) is 0 Å². The van der Waals surface area contributed by atoms with Crippen LogP contribution < -0.4 is 10.9 Å². The van der Waals surface area contributed by atoms with Gasteiger partial charge in [0, 0.05) is 12.2 Å². The molecule has 0 bridgehead atoms. The predicted molar refractivity (Wildman–Crippen MR) is 120 cm³/mol. The molecular formula is C20H19N7O2S2. The molecule has 0 radical (unpaired) electrons. The first-order chi connectivity index (χ1) is 14.9. The molecule has 1 amide bonds. The molecule has 1 aromatic carbocycles. The molecule has 0 saturated heterocycles. The Hall–Kier alpha value is -3.05. The van der Waals surface area contributed by atoms with Crippen LogP contribution in [0.4, 0.5) is 5.13 Å². The summed E-state index contributed by atoms with van der Waals surface area (Å²) in [5, 5.41) is 17.3. The molecule has 0 fully saturated rings. The number of hydrogen-bond acceptors (Lipinski definition) is 8. The second-order valence-corrected chi connectivity index (χ2v) is 9.67. The fraction of sp³-hybridized carbons (Fsp3) is 0.300. The van der Waals surface area contributed by atoms with Crippen molar-refractivity contribution in [3.05, 3.63) is 50.9 Å². The third kappa shape index (κ3) is 3.53. The molecule has 158 valence electrons. The Morgan fingerprint density at radius 2 is 2.10 bits per heavy atom. The largest absolute Gasteiger partial charge is 0.300 e. The zero-order valence-electron chi connectivity index (χ0n) is 17.1. The van der Waals surface area contributed by atoms with E-state index in [9.17, 15) is 9.59 Å². The highest BCUT2D eigenvalue weighted by Crippen LogP contribution is 2.34. The molecule has 0 spiro atoms. The summed E-state index contributed by atoms with van der Waals surface area (Å²) in [6, 6.07) is 5.80. The SMILES string of the molecule is Cc1ccc(-n2ncc3c(=O)n4c(nc32)SCC4CC(=O)Nc2nnc(C)s2)c(C)c1. The highest BCUT2D eigenvalue weighted by atomic mass is 32.2. The van der Waals surface area contributed by atoms with E-state index in [1.165, 1.54) is 23.1 Å². The molecule has 31 heavy (non-hydrogen) atoms. The van der Waals surface area contributed by atoms with Gasteiger partial charge in [0.2, 0.25) is 11.0 Å². The number of fused-ring (bicyclic) bond motifs is 2. The smallest absolute Gasteiger partial charge is 0.265 e. The van der Waals surface area contributed by atoms with E-state index in [0.717, 1.165) is 21.8 Å². The Morgan fingerprint density at radius 3 is 2.84 bits per heavy atom. The zero-order chi connectivity index (χ0) is 21.7. The number of aromatic nitrogens is 6. The number of nitrogens with zero attached hydrogens (tertiary/aromatic N) is 6. The molecule has 1 unspecified atom stereocenters. The minimum atomic E-state index is -0.275. The van der Waals surface area contributed by atoms with Crippen molar-refractivity contribution in [3.8, 4) is 5.69 Å².